The third-order valence-electron chi connectivity index (χ3n) is 3.48. The first kappa shape index (κ1) is 13.8. The van der Waals surface area contributed by atoms with E-state index in [4.69, 9.17) is 5.26 Å². The number of anilines is 1. The van der Waals surface area contributed by atoms with Crippen molar-refractivity contribution in [1.29, 1.82) is 5.26 Å². The van der Waals surface area contributed by atoms with Crippen molar-refractivity contribution in [3.05, 3.63) is 29.6 Å². The summed E-state index contributed by atoms with van der Waals surface area (Å²) in [4.78, 5) is 2.42. The Balaban J connectivity index is 1.91. The van der Waals surface area contributed by atoms with Crippen molar-refractivity contribution in [2.75, 3.05) is 25.0 Å². The van der Waals surface area contributed by atoms with Gasteiger partial charge in [-0.05, 0) is 51.1 Å². The molecular weight excluding hydrogens is 241 g/mol. The highest BCUT2D eigenvalue weighted by Gasteiger charge is 2.14. The Morgan fingerprint density at radius 1 is 1.37 bits per heavy atom. The van der Waals surface area contributed by atoms with Crippen LogP contribution in [-0.2, 0) is 0 Å². The van der Waals surface area contributed by atoms with Crippen LogP contribution in [0.1, 0.15) is 31.7 Å². The molecule has 0 spiro atoms. The van der Waals surface area contributed by atoms with Crippen LogP contribution in [0.3, 0.4) is 0 Å². The van der Waals surface area contributed by atoms with Crippen LogP contribution in [0.15, 0.2) is 18.2 Å². The van der Waals surface area contributed by atoms with Crippen molar-refractivity contribution >= 4 is 5.69 Å². The topological polar surface area (TPSA) is 39.1 Å². The smallest absolute Gasteiger partial charge is 0.147 e. The monoisotopic (exact) mass is 261 g/mol. The van der Waals surface area contributed by atoms with Crippen molar-refractivity contribution in [3.8, 4) is 6.07 Å². The van der Waals surface area contributed by atoms with Crippen LogP contribution in [0, 0.1) is 17.1 Å². The van der Waals surface area contributed by atoms with Crippen LogP contribution in [0.4, 0.5) is 10.1 Å². The van der Waals surface area contributed by atoms with Crippen LogP contribution >= 0.6 is 0 Å². The largest absolute Gasteiger partial charge is 0.379 e. The lowest BCUT2D eigenvalue weighted by Crippen LogP contribution is -2.38. The lowest BCUT2D eigenvalue weighted by Gasteiger charge is -2.29. The van der Waals surface area contributed by atoms with Crippen molar-refractivity contribution < 1.29 is 4.39 Å². The zero-order chi connectivity index (χ0) is 13.7. The maximum atomic E-state index is 13.7. The number of hydrogen-bond donors (Lipinski definition) is 1. The highest BCUT2D eigenvalue weighted by molar-refractivity contribution is 5.49. The molecule has 19 heavy (non-hydrogen) atoms. The summed E-state index contributed by atoms with van der Waals surface area (Å²) in [6, 6.07) is 6.68. The van der Waals surface area contributed by atoms with E-state index in [-0.39, 0.29) is 11.9 Å². The average molecular weight is 261 g/mol. The van der Waals surface area contributed by atoms with Gasteiger partial charge >= 0.3 is 0 Å². The molecule has 102 valence electrons. The molecule has 1 aliphatic heterocycles. The Hall–Kier alpha value is -1.60. The summed E-state index contributed by atoms with van der Waals surface area (Å²) in [6.45, 7) is 5.27. The number of piperidine rings is 1. The fraction of sp³-hybridized carbons (Fsp3) is 0.533. The van der Waals surface area contributed by atoms with Crippen LogP contribution < -0.4 is 5.32 Å². The molecule has 4 heteroatoms. The van der Waals surface area contributed by atoms with Gasteiger partial charge in [0.15, 0.2) is 0 Å². The molecule has 0 bridgehead atoms. The Labute approximate surface area is 114 Å². The molecule has 1 heterocycles. The van der Waals surface area contributed by atoms with Crippen LogP contribution in [-0.4, -0.2) is 30.6 Å². The Morgan fingerprint density at radius 3 is 2.74 bits per heavy atom. The van der Waals surface area contributed by atoms with E-state index in [9.17, 15) is 4.39 Å². The summed E-state index contributed by atoms with van der Waals surface area (Å²) in [5, 5.41) is 11.9. The first-order chi connectivity index (χ1) is 9.19. The zero-order valence-electron chi connectivity index (χ0n) is 11.3. The summed E-state index contributed by atoms with van der Waals surface area (Å²) in [7, 11) is 0. The maximum absolute atomic E-state index is 13.7. The van der Waals surface area contributed by atoms with Crippen molar-refractivity contribution in [1.82, 2.24) is 4.90 Å². The lowest BCUT2D eigenvalue weighted by atomic mass is 10.1. The molecule has 1 atom stereocenters. The molecule has 1 saturated heterocycles. The van der Waals surface area contributed by atoms with Crippen LogP contribution in [0.5, 0.6) is 0 Å². The molecule has 1 aromatic carbocycles. The number of nitrogens with one attached hydrogen (secondary N) is 1. The van der Waals surface area contributed by atoms with Gasteiger partial charge in [0.25, 0.3) is 0 Å². The summed E-state index contributed by atoms with van der Waals surface area (Å²) >= 11 is 0. The van der Waals surface area contributed by atoms with Crippen LogP contribution in [0.25, 0.3) is 0 Å². The van der Waals surface area contributed by atoms with Gasteiger partial charge in [0.05, 0.1) is 17.3 Å². The van der Waals surface area contributed by atoms with E-state index in [0.717, 1.165) is 19.6 Å². The van der Waals surface area contributed by atoms with E-state index >= 15 is 0 Å². The average Bonchev–Trinajstić information content (AvgIpc) is 2.42. The standard InChI is InChI=1S/C15H20FN3/c1-12(11-19-7-3-2-4-8-19)18-15-6-5-13(10-17)9-14(15)16/h5-6,9,12,18H,2-4,7-8,11H2,1H3. The zero-order valence-corrected chi connectivity index (χ0v) is 11.3. The van der Waals surface area contributed by atoms with Gasteiger partial charge in [-0.15, -0.1) is 0 Å². The van der Waals surface area contributed by atoms with E-state index in [1.807, 2.05) is 6.07 Å². The normalized spacial score (nSPS) is 17.7. The molecule has 2 rings (SSSR count). The quantitative estimate of drug-likeness (QED) is 0.905. The molecule has 1 unspecified atom stereocenters. The van der Waals surface area contributed by atoms with E-state index < -0.39 is 0 Å². The van der Waals surface area contributed by atoms with E-state index in [2.05, 4.69) is 17.1 Å². The predicted octanol–water partition coefficient (Wildman–Crippen LogP) is 2.98. The van der Waals surface area contributed by atoms with Gasteiger partial charge in [0, 0.05) is 12.6 Å². The minimum Gasteiger partial charge on any atom is -0.379 e. The molecule has 1 aromatic rings. The fourth-order valence-corrected chi connectivity index (χ4v) is 2.54. The van der Waals surface area contributed by atoms with E-state index in [1.54, 1.807) is 12.1 Å². The van der Waals surface area contributed by atoms with Gasteiger partial charge in [-0.3, -0.25) is 0 Å². The minimum absolute atomic E-state index is 0.195. The Morgan fingerprint density at radius 2 is 2.11 bits per heavy atom. The first-order valence-electron chi connectivity index (χ1n) is 6.87. The molecule has 0 aromatic heterocycles. The molecule has 1 aliphatic rings. The summed E-state index contributed by atoms with van der Waals surface area (Å²) in [5.74, 6) is -0.357. The molecule has 1 fully saturated rings. The van der Waals surface area contributed by atoms with Crippen molar-refractivity contribution in [3.63, 3.8) is 0 Å². The molecule has 1 N–H and O–H groups in total. The second-order valence-electron chi connectivity index (χ2n) is 5.21. The first-order valence-corrected chi connectivity index (χ1v) is 6.87. The van der Waals surface area contributed by atoms with E-state index in [0.29, 0.717) is 11.3 Å². The second kappa shape index (κ2) is 6.53. The summed E-state index contributed by atoms with van der Waals surface area (Å²) in [5.41, 5.74) is 0.829. The van der Waals surface area contributed by atoms with Gasteiger partial charge in [-0.2, -0.15) is 5.26 Å². The molecule has 0 amide bonds. The number of nitriles is 1. The number of nitrogens with zero attached hydrogens (tertiary/aromatic N) is 2. The van der Waals surface area contributed by atoms with Gasteiger partial charge in [0.1, 0.15) is 5.82 Å². The number of benzene rings is 1. The number of likely N-dealkylation sites (tertiary alicyclic amines) is 1. The number of rotatable bonds is 4. The van der Waals surface area contributed by atoms with Crippen LogP contribution in [0.2, 0.25) is 0 Å². The fourth-order valence-electron chi connectivity index (χ4n) is 2.54. The van der Waals surface area contributed by atoms with Gasteiger partial charge in [-0.25, -0.2) is 4.39 Å². The molecule has 0 saturated carbocycles. The van der Waals surface area contributed by atoms with Gasteiger partial charge in [-0.1, -0.05) is 6.42 Å². The third kappa shape index (κ3) is 3.93. The lowest BCUT2D eigenvalue weighted by molar-refractivity contribution is 0.223. The molecule has 3 nitrogen and oxygen atoms in total. The Kier molecular flexibility index (Phi) is 4.75. The minimum atomic E-state index is -0.357. The van der Waals surface area contributed by atoms with Crippen molar-refractivity contribution in [2.45, 2.75) is 32.2 Å². The highest BCUT2D eigenvalue weighted by Crippen LogP contribution is 2.17. The van der Waals surface area contributed by atoms with E-state index in [1.165, 1.54) is 25.3 Å². The van der Waals surface area contributed by atoms with Gasteiger partial charge in [0.2, 0.25) is 0 Å². The maximum Gasteiger partial charge on any atom is 0.147 e. The van der Waals surface area contributed by atoms with Crippen molar-refractivity contribution in [2.24, 2.45) is 0 Å². The number of hydrogen-bond acceptors (Lipinski definition) is 3. The van der Waals surface area contributed by atoms with Gasteiger partial charge < -0.3 is 10.2 Å². The summed E-state index contributed by atoms with van der Waals surface area (Å²) < 4.78 is 13.7. The Bertz CT molecular complexity index is 461. The summed E-state index contributed by atoms with van der Waals surface area (Å²) in [6.07, 6.45) is 3.85. The predicted molar refractivity (Wildman–Crippen MR) is 74.5 cm³/mol. The molecular formula is C15H20FN3. The third-order valence-corrected chi connectivity index (χ3v) is 3.48. The SMILES string of the molecule is CC(CN1CCCCC1)Nc1ccc(C#N)cc1F. The number of halogens is 1. The molecule has 0 radical (unpaired) electrons. The molecule has 0 aliphatic carbocycles. The second-order valence-corrected chi connectivity index (χ2v) is 5.21. The highest BCUT2D eigenvalue weighted by atomic mass is 19.1.